The summed E-state index contributed by atoms with van der Waals surface area (Å²) in [5.41, 5.74) is 13.6. The van der Waals surface area contributed by atoms with Crippen LogP contribution >= 0.6 is 23.1 Å². The largest absolute Gasteiger partial charge is 0.398 e. The van der Waals surface area contributed by atoms with Gasteiger partial charge < -0.3 is 11.5 Å². The minimum atomic E-state index is 0.427. The second-order valence-electron chi connectivity index (χ2n) is 5.09. The van der Waals surface area contributed by atoms with Crippen LogP contribution in [0.15, 0.2) is 39.7 Å². The zero-order valence-corrected chi connectivity index (χ0v) is 13.3. The number of amidine groups is 1. The molecule has 1 aromatic carbocycles. The summed E-state index contributed by atoms with van der Waals surface area (Å²) in [5, 5.41) is 3.25. The number of hydrogen-bond donors (Lipinski definition) is 2. The zero-order chi connectivity index (χ0) is 14.7. The Morgan fingerprint density at radius 2 is 2.14 bits per heavy atom. The normalized spacial score (nSPS) is 16.5. The molecule has 1 aliphatic rings. The number of nitrogens with zero attached hydrogens (tertiary/aromatic N) is 2. The molecule has 1 saturated carbocycles. The smallest absolute Gasteiger partial charge is 0.211 e. The summed E-state index contributed by atoms with van der Waals surface area (Å²) in [5.74, 6) is 0.427. The molecule has 110 valence electrons. The molecule has 0 spiro atoms. The van der Waals surface area contributed by atoms with Gasteiger partial charge in [-0.05, 0) is 31.0 Å². The summed E-state index contributed by atoms with van der Waals surface area (Å²) in [4.78, 5) is 9.67. The van der Waals surface area contributed by atoms with Gasteiger partial charge in [0.25, 0.3) is 0 Å². The van der Waals surface area contributed by atoms with Gasteiger partial charge in [-0.25, -0.2) is 9.98 Å². The molecule has 0 amide bonds. The van der Waals surface area contributed by atoms with Gasteiger partial charge in [0.1, 0.15) is 5.84 Å². The van der Waals surface area contributed by atoms with E-state index in [2.05, 4.69) is 16.0 Å². The van der Waals surface area contributed by atoms with E-state index in [1.165, 1.54) is 41.9 Å². The first-order valence-electron chi connectivity index (χ1n) is 7.02. The average Bonchev–Trinajstić information content (AvgIpc) is 3.14. The van der Waals surface area contributed by atoms with E-state index in [0.717, 1.165) is 10.8 Å². The lowest BCUT2D eigenvalue weighted by atomic mass is 10.1. The van der Waals surface area contributed by atoms with Gasteiger partial charge in [-0.2, -0.15) is 0 Å². The number of aromatic nitrogens is 1. The number of thioether (sulfide) groups is 1. The van der Waals surface area contributed by atoms with Crippen LogP contribution in [0.5, 0.6) is 0 Å². The molecule has 0 unspecified atom stereocenters. The maximum absolute atomic E-state index is 6.09. The first-order valence-corrected chi connectivity index (χ1v) is 8.78. The van der Waals surface area contributed by atoms with Gasteiger partial charge in [0, 0.05) is 33.0 Å². The van der Waals surface area contributed by atoms with Crippen LogP contribution < -0.4 is 11.5 Å². The highest BCUT2D eigenvalue weighted by molar-refractivity contribution is 8.00. The molecule has 0 aliphatic heterocycles. The number of benzene rings is 1. The lowest BCUT2D eigenvalue weighted by Gasteiger charge is -2.11. The molecule has 0 radical (unpaired) electrons. The molecule has 1 heterocycles. The van der Waals surface area contributed by atoms with Crippen molar-refractivity contribution in [2.45, 2.75) is 35.8 Å². The molecule has 0 bridgehead atoms. The molecule has 1 aliphatic carbocycles. The summed E-state index contributed by atoms with van der Waals surface area (Å²) in [6.45, 7) is 0. The minimum Gasteiger partial charge on any atom is -0.398 e. The van der Waals surface area contributed by atoms with E-state index in [1.54, 1.807) is 6.20 Å². The predicted octanol–water partition coefficient (Wildman–Crippen LogP) is 3.80. The molecular weight excluding hydrogens is 300 g/mol. The predicted molar refractivity (Wildman–Crippen MR) is 91.5 cm³/mol. The van der Waals surface area contributed by atoms with Crippen LogP contribution in [0.2, 0.25) is 0 Å². The van der Waals surface area contributed by atoms with Crippen LogP contribution in [0.4, 0.5) is 10.8 Å². The van der Waals surface area contributed by atoms with E-state index in [9.17, 15) is 0 Å². The van der Waals surface area contributed by atoms with Crippen molar-refractivity contribution in [2.24, 2.45) is 10.7 Å². The summed E-state index contributed by atoms with van der Waals surface area (Å²) < 4.78 is 0. The number of thiazole rings is 1. The number of anilines is 1. The van der Waals surface area contributed by atoms with E-state index in [1.807, 2.05) is 29.3 Å². The quantitative estimate of drug-likeness (QED) is 0.511. The number of rotatable bonds is 4. The summed E-state index contributed by atoms with van der Waals surface area (Å²) in [6, 6.07) is 6.03. The second-order valence-corrected chi connectivity index (χ2v) is 7.33. The van der Waals surface area contributed by atoms with Gasteiger partial charge in [0.05, 0.1) is 0 Å². The molecule has 1 fully saturated rings. The lowest BCUT2D eigenvalue weighted by molar-refractivity contribution is 0.886. The molecule has 3 rings (SSSR count). The maximum Gasteiger partial charge on any atom is 0.211 e. The molecular formula is C15H18N4S2. The van der Waals surface area contributed by atoms with Gasteiger partial charge in [-0.1, -0.05) is 12.8 Å². The van der Waals surface area contributed by atoms with Crippen molar-refractivity contribution in [1.29, 1.82) is 0 Å². The van der Waals surface area contributed by atoms with E-state index >= 15 is 0 Å². The summed E-state index contributed by atoms with van der Waals surface area (Å²) >= 11 is 3.38. The number of nitrogens with two attached hydrogens (primary N) is 2. The molecule has 1 aromatic heterocycles. The third-order valence-corrected chi connectivity index (χ3v) is 5.54. The van der Waals surface area contributed by atoms with Crippen molar-refractivity contribution in [1.82, 2.24) is 4.98 Å². The van der Waals surface area contributed by atoms with Crippen molar-refractivity contribution in [2.75, 3.05) is 5.73 Å². The third-order valence-electron chi connectivity index (χ3n) is 3.54. The van der Waals surface area contributed by atoms with E-state index in [4.69, 9.17) is 11.5 Å². The maximum atomic E-state index is 6.09. The van der Waals surface area contributed by atoms with Crippen LogP contribution in [-0.4, -0.2) is 16.1 Å². The van der Waals surface area contributed by atoms with Crippen LogP contribution in [0.25, 0.3) is 0 Å². The van der Waals surface area contributed by atoms with Gasteiger partial charge in [-0.15, -0.1) is 23.1 Å². The molecule has 4 N–H and O–H groups in total. The molecule has 0 saturated heterocycles. The Labute approximate surface area is 132 Å². The molecule has 4 nitrogen and oxygen atoms in total. The Morgan fingerprint density at radius 1 is 1.33 bits per heavy atom. The molecule has 0 atom stereocenters. The van der Waals surface area contributed by atoms with Crippen LogP contribution in [0, 0.1) is 0 Å². The van der Waals surface area contributed by atoms with Gasteiger partial charge in [-0.3, -0.25) is 0 Å². The van der Waals surface area contributed by atoms with Crippen LogP contribution in [0.3, 0.4) is 0 Å². The fraction of sp³-hybridized carbons (Fsp3) is 0.333. The van der Waals surface area contributed by atoms with Crippen LogP contribution in [-0.2, 0) is 0 Å². The Morgan fingerprint density at radius 3 is 2.86 bits per heavy atom. The van der Waals surface area contributed by atoms with Crippen molar-refractivity contribution in [3.05, 3.63) is 35.3 Å². The average molecular weight is 318 g/mol. The van der Waals surface area contributed by atoms with Crippen molar-refractivity contribution in [3.63, 3.8) is 0 Å². The van der Waals surface area contributed by atoms with Crippen molar-refractivity contribution >= 4 is 39.8 Å². The highest BCUT2D eigenvalue weighted by Crippen LogP contribution is 2.35. The van der Waals surface area contributed by atoms with Gasteiger partial charge in [0.15, 0.2) is 0 Å². The number of hydrogen-bond acceptors (Lipinski definition) is 5. The van der Waals surface area contributed by atoms with Gasteiger partial charge >= 0.3 is 0 Å². The molecule has 6 heteroatoms. The first kappa shape index (κ1) is 14.4. The topological polar surface area (TPSA) is 77.3 Å². The highest BCUT2D eigenvalue weighted by atomic mass is 32.2. The number of nitrogen functional groups attached to an aromatic ring is 1. The van der Waals surface area contributed by atoms with E-state index in [-0.39, 0.29) is 0 Å². The monoisotopic (exact) mass is 318 g/mol. The van der Waals surface area contributed by atoms with E-state index < -0.39 is 0 Å². The van der Waals surface area contributed by atoms with Crippen molar-refractivity contribution < 1.29 is 0 Å². The van der Waals surface area contributed by atoms with E-state index in [0.29, 0.717) is 16.7 Å². The lowest BCUT2D eigenvalue weighted by Crippen LogP contribution is -2.15. The Balaban J connectivity index is 1.83. The fourth-order valence-electron chi connectivity index (χ4n) is 2.46. The Bertz CT molecular complexity index is 631. The standard InChI is InChI=1S/C15H18N4S2/c16-13-6-5-11(21-10-3-1-2-4-10)9-12(13)14(17)19-15-18-7-8-20-15/h5-10H,1-4,16H2,(H2,17,18,19). The highest BCUT2D eigenvalue weighted by Gasteiger charge is 2.17. The summed E-state index contributed by atoms with van der Waals surface area (Å²) in [7, 11) is 0. The SMILES string of the molecule is N/C(=N\c1nccs1)c1cc(SC2CCCC2)ccc1N. The summed E-state index contributed by atoms with van der Waals surface area (Å²) in [6.07, 6.45) is 6.99. The Hall–Kier alpha value is -1.53. The molecule has 2 aromatic rings. The van der Waals surface area contributed by atoms with Gasteiger partial charge in [0.2, 0.25) is 5.13 Å². The van der Waals surface area contributed by atoms with Crippen LogP contribution in [0.1, 0.15) is 31.2 Å². The molecule has 21 heavy (non-hydrogen) atoms. The fourth-order valence-corrected chi connectivity index (χ4v) is 4.27. The second kappa shape index (κ2) is 6.49. The van der Waals surface area contributed by atoms with Crippen molar-refractivity contribution in [3.8, 4) is 0 Å². The minimum absolute atomic E-state index is 0.427. The number of aliphatic imine (C=N–C) groups is 1. The first-order chi connectivity index (χ1) is 10.2. The third kappa shape index (κ3) is 3.57. The zero-order valence-electron chi connectivity index (χ0n) is 11.7. The Kier molecular flexibility index (Phi) is 4.45.